The van der Waals surface area contributed by atoms with Crippen LogP contribution in [0.25, 0.3) is 0 Å². The molecule has 0 N–H and O–H groups in total. The SMILES string of the molecule is CC(C)OC(F)(F)C(F)(F)C(F)(F)F. The van der Waals surface area contributed by atoms with Gasteiger partial charge in [0.15, 0.2) is 0 Å². The van der Waals surface area contributed by atoms with E-state index < -0.39 is 24.3 Å². The van der Waals surface area contributed by atoms with Crippen LogP contribution in [0.3, 0.4) is 0 Å². The van der Waals surface area contributed by atoms with Crippen molar-refractivity contribution in [1.29, 1.82) is 0 Å². The van der Waals surface area contributed by atoms with Crippen molar-refractivity contribution in [2.24, 2.45) is 0 Å². The molecule has 0 heterocycles. The summed E-state index contributed by atoms with van der Waals surface area (Å²) in [6, 6.07) is 0. The second-order valence-corrected chi connectivity index (χ2v) is 2.76. The lowest BCUT2D eigenvalue weighted by atomic mass is 10.3. The summed E-state index contributed by atoms with van der Waals surface area (Å²) in [6.07, 6.45) is -13.3. The van der Waals surface area contributed by atoms with Gasteiger partial charge in [-0.2, -0.15) is 30.7 Å². The summed E-state index contributed by atoms with van der Waals surface area (Å²) in [6.45, 7) is 1.83. The lowest BCUT2D eigenvalue weighted by molar-refractivity contribution is -0.429. The fourth-order valence-corrected chi connectivity index (χ4v) is 0.535. The molecule has 86 valence electrons. The molecule has 0 aliphatic rings. The molecule has 0 aliphatic carbocycles. The van der Waals surface area contributed by atoms with Gasteiger partial charge in [0.25, 0.3) is 0 Å². The van der Waals surface area contributed by atoms with Crippen molar-refractivity contribution in [2.75, 3.05) is 0 Å². The molecule has 0 atom stereocenters. The average Bonchev–Trinajstić information content (AvgIpc) is 1.80. The van der Waals surface area contributed by atoms with Crippen LogP contribution in [0.15, 0.2) is 0 Å². The van der Waals surface area contributed by atoms with E-state index in [0.29, 0.717) is 0 Å². The van der Waals surface area contributed by atoms with Gasteiger partial charge in [0.2, 0.25) is 0 Å². The van der Waals surface area contributed by atoms with Crippen molar-refractivity contribution >= 4 is 0 Å². The quantitative estimate of drug-likeness (QED) is 0.674. The maximum absolute atomic E-state index is 12.3. The summed E-state index contributed by atoms with van der Waals surface area (Å²) in [5.74, 6) is -6.19. The zero-order chi connectivity index (χ0) is 11.8. The minimum Gasteiger partial charge on any atom is -0.313 e. The Morgan fingerprint density at radius 1 is 0.857 bits per heavy atom. The van der Waals surface area contributed by atoms with Gasteiger partial charge in [0, 0.05) is 0 Å². The van der Waals surface area contributed by atoms with Crippen molar-refractivity contribution in [2.45, 2.75) is 38.2 Å². The summed E-state index contributed by atoms with van der Waals surface area (Å²) >= 11 is 0. The molecule has 0 aromatic rings. The molecule has 0 amide bonds. The second kappa shape index (κ2) is 3.56. The van der Waals surface area contributed by atoms with Crippen molar-refractivity contribution in [3.05, 3.63) is 0 Å². The lowest BCUT2D eigenvalue weighted by Gasteiger charge is -2.28. The van der Waals surface area contributed by atoms with Crippen molar-refractivity contribution in [3.63, 3.8) is 0 Å². The van der Waals surface area contributed by atoms with Gasteiger partial charge >= 0.3 is 18.2 Å². The van der Waals surface area contributed by atoms with E-state index in [0.717, 1.165) is 13.8 Å². The van der Waals surface area contributed by atoms with Gasteiger partial charge in [-0.15, -0.1) is 0 Å². The van der Waals surface area contributed by atoms with Crippen LogP contribution in [0.2, 0.25) is 0 Å². The van der Waals surface area contributed by atoms with Crippen LogP contribution in [0.4, 0.5) is 30.7 Å². The third kappa shape index (κ3) is 2.49. The third-order valence-corrected chi connectivity index (χ3v) is 1.11. The van der Waals surface area contributed by atoms with Gasteiger partial charge in [0.1, 0.15) is 0 Å². The largest absolute Gasteiger partial charge is 0.462 e. The van der Waals surface area contributed by atoms with E-state index in [1.165, 1.54) is 0 Å². The van der Waals surface area contributed by atoms with Gasteiger partial charge in [0.05, 0.1) is 6.10 Å². The zero-order valence-electron chi connectivity index (χ0n) is 7.13. The predicted octanol–water partition coefficient (Wildman–Crippen LogP) is 3.20. The number of halogens is 7. The highest BCUT2D eigenvalue weighted by molar-refractivity contribution is 4.85. The fourth-order valence-electron chi connectivity index (χ4n) is 0.535. The topological polar surface area (TPSA) is 9.23 Å². The Morgan fingerprint density at radius 2 is 1.21 bits per heavy atom. The van der Waals surface area contributed by atoms with Crippen LogP contribution in [-0.4, -0.2) is 24.3 Å². The monoisotopic (exact) mass is 228 g/mol. The molecule has 14 heavy (non-hydrogen) atoms. The minimum absolute atomic E-state index is 0.917. The number of alkyl halides is 7. The standard InChI is InChI=1S/C6H7F7O/c1-3(2)14-6(12,13)4(7,8)5(9,10)11/h3H,1-2H3. The lowest BCUT2D eigenvalue weighted by Crippen LogP contribution is -2.54. The average molecular weight is 228 g/mol. The third-order valence-electron chi connectivity index (χ3n) is 1.11. The van der Waals surface area contributed by atoms with E-state index in [2.05, 4.69) is 4.74 Å². The molecule has 0 fully saturated rings. The van der Waals surface area contributed by atoms with Crippen molar-refractivity contribution in [3.8, 4) is 0 Å². The minimum atomic E-state index is -6.34. The van der Waals surface area contributed by atoms with Gasteiger partial charge in [-0.25, -0.2) is 0 Å². The van der Waals surface area contributed by atoms with E-state index in [1.54, 1.807) is 0 Å². The molecule has 8 heteroatoms. The summed E-state index contributed by atoms with van der Waals surface area (Å²) in [5.41, 5.74) is 0. The van der Waals surface area contributed by atoms with Gasteiger partial charge in [-0.1, -0.05) is 0 Å². The fraction of sp³-hybridized carbons (Fsp3) is 1.00. The van der Waals surface area contributed by atoms with E-state index in [9.17, 15) is 30.7 Å². The molecule has 0 radical (unpaired) electrons. The first-order valence-corrected chi connectivity index (χ1v) is 3.42. The van der Waals surface area contributed by atoms with Crippen LogP contribution in [-0.2, 0) is 4.74 Å². The first-order chi connectivity index (χ1) is 5.92. The highest BCUT2D eigenvalue weighted by atomic mass is 19.4. The Morgan fingerprint density at radius 3 is 1.43 bits per heavy atom. The highest BCUT2D eigenvalue weighted by Gasteiger charge is 2.74. The molecule has 0 aromatic carbocycles. The maximum Gasteiger partial charge on any atom is 0.462 e. The van der Waals surface area contributed by atoms with Crippen molar-refractivity contribution < 1.29 is 35.5 Å². The first kappa shape index (κ1) is 13.5. The molecular formula is C6H7F7O. The Kier molecular flexibility index (Phi) is 3.42. The van der Waals surface area contributed by atoms with E-state index in [1.807, 2.05) is 0 Å². The zero-order valence-corrected chi connectivity index (χ0v) is 7.13. The molecule has 0 bridgehead atoms. The van der Waals surface area contributed by atoms with Gasteiger partial charge < -0.3 is 4.74 Å². The molecule has 0 unspecified atom stereocenters. The van der Waals surface area contributed by atoms with Crippen LogP contribution >= 0.6 is 0 Å². The summed E-state index contributed by atoms with van der Waals surface area (Å²) < 4.78 is 86.3. The van der Waals surface area contributed by atoms with Gasteiger partial charge in [-0.3, -0.25) is 0 Å². The van der Waals surface area contributed by atoms with E-state index >= 15 is 0 Å². The molecule has 0 aliphatic heterocycles. The normalized spacial score (nSPS) is 15.0. The summed E-state index contributed by atoms with van der Waals surface area (Å²) in [5, 5.41) is 0. The van der Waals surface area contributed by atoms with Crippen LogP contribution in [0, 0.1) is 0 Å². The van der Waals surface area contributed by atoms with Crippen molar-refractivity contribution in [1.82, 2.24) is 0 Å². The van der Waals surface area contributed by atoms with Crippen LogP contribution in [0.5, 0.6) is 0 Å². The van der Waals surface area contributed by atoms with E-state index in [4.69, 9.17) is 0 Å². The van der Waals surface area contributed by atoms with E-state index in [-0.39, 0.29) is 0 Å². The van der Waals surface area contributed by atoms with Crippen LogP contribution in [0.1, 0.15) is 13.8 Å². The Hall–Kier alpha value is -0.530. The molecule has 0 rings (SSSR count). The number of ether oxygens (including phenoxy) is 1. The van der Waals surface area contributed by atoms with Gasteiger partial charge in [-0.05, 0) is 13.8 Å². The molecule has 0 saturated heterocycles. The molecular weight excluding hydrogens is 221 g/mol. The Bertz CT molecular complexity index is 195. The summed E-state index contributed by atoms with van der Waals surface area (Å²) in [7, 11) is 0. The Balaban J connectivity index is 4.88. The number of hydrogen-bond acceptors (Lipinski definition) is 1. The second-order valence-electron chi connectivity index (χ2n) is 2.76. The smallest absolute Gasteiger partial charge is 0.313 e. The predicted molar refractivity (Wildman–Crippen MR) is 32.2 cm³/mol. The molecule has 1 nitrogen and oxygen atoms in total. The maximum atomic E-state index is 12.3. The first-order valence-electron chi connectivity index (χ1n) is 3.42. The summed E-state index contributed by atoms with van der Waals surface area (Å²) in [4.78, 5) is 0. The molecule has 0 saturated carbocycles. The Labute approximate surface area is 74.8 Å². The highest BCUT2D eigenvalue weighted by Crippen LogP contribution is 2.47. The number of rotatable bonds is 3. The molecule has 0 spiro atoms. The van der Waals surface area contributed by atoms with Crippen LogP contribution < -0.4 is 0 Å². The number of hydrogen-bond donors (Lipinski definition) is 0. The molecule has 0 aromatic heterocycles.